The van der Waals surface area contributed by atoms with Crippen LogP contribution < -0.4 is 9.47 Å². The van der Waals surface area contributed by atoms with Crippen LogP contribution in [-0.2, 0) is 14.2 Å². The van der Waals surface area contributed by atoms with Crippen molar-refractivity contribution in [3.05, 3.63) is 75.7 Å². The predicted octanol–water partition coefficient (Wildman–Crippen LogP) is 5.95. The maximum atomic E-state index is 6.13. The molecule has 10 heteroatoms. The van der Waals surface area contributed by atoms with Gasteiger partial charge in [-0.2, -0.15) is 0 Å². The van der Waals surface area contributed by atoms with Crippen LogP contribution in [0.3, 0.4) is 0 Å². The molecule has 0 fully saturated rings. The summed E-state index contributed by atoms with van der Waals surface area (Å²) < 4.78 is 32.9. The number of hydrogen-bond donors (Lipinski definition) is 0. The predicted molar refractivity (Wildman–Crippen MR) is 151 cm³/mol. The summed E-state index contributed by atoms with van der Waals surface area (Å²) in [4.78, 5) is 0. The summed E-state index contributed by atoms with van der Waals surface area (Å²) in [5, 5.41) is 9.16. The second-order valence-corrected chi connectivity index (χ2v) is 10.2. The van der Waals surface area contributed by atoms with E-state index >= 15 is 0 Å². The van der Waals surface area contributed by atoms with Gasteiger partial charge in [-0.3, -0.25) is 4.57 Å². The first-order chi connectivity index (χ1) is 18.7. The Balaban J connectivity index is 1.53. The highest BCUT2D eigenvalue weighted by Crippen LogP contribution is 2.35. The van der Waals surface area contributed by atoms with Crippen molar-refractivity contribution in [2.24, 2.45) is 0 Å². The summed E-state index contributed by atoms with van der Waals surface area (Å²) in [5.74, 6) is 2.66. The highest BCUT2D eigenvalue weighted by atomic mass is 79.9. The van der Waals surface area contributed by atoms with Gasteiger partial charge in [0.05, 0.1) is 45.3 Å². The van der Waals surface area contributed by atoms with Gasteiger partial charge in [0.1, 0.15) is 13.2 Å². The smallest absolute Gasteiger partial charge is 0.168 e. The first-order valence-electron chi connectivity index (χ1n) is 12.3. The summed E-state index contributed by atoms with van der Waals surface area (Å²) in [6, 6.07) is 21.8. The van der Waals surface area contributed by atoms with Crippen LogP contribution >= 0.6 is 31.9 Å². The first-order valence-corrected chi connectivity index (χ1v) is 13.9. The number of aromatic nitrogens is 3. The van der Waals surface area contributed by atoms with Crippen LogP contribution in [-0.4, -0.2) is 67.6 Å². The third-order valence-electron chi connectivity index (χ3n) is 5.77. The van der Waals surface area contributed by atoms with Crippen molar-refractivity contribution in [3.63, 3.8) is 0 Å². The molecule has 1 aliphatic rings. The molecule has 8 nitrogen and oxygen atoms in total. The Morgan fingerprint density at radius 3 is 1.47 bits per heavy atom. The van der Waals surface area contributed by atoms with Crippen LogP contribution in [0.25, 0.3) is 28.5 Å². The largest absolute Gasteiger partial charge is 0.487 e. The van der Waals surface area contributed by atoms with Gasteiger partial charge < -0.3 is 23.7 Å². The van der Waals surface area contributed by atoms with E-state index in [9.17, 15) is 0 Å². The van der Waals surface area contributed by atoms with Crippen molar-refractivity contribution in [3.8, 4) is 40.0 Å². The fraction of sp³-hybridized carbons (Fsp3) is 0.286. The molecule has 0 unspecified atom stereocenters. The minimum absolute atomic E-state index is 0.373. The summed E-state index contributed by atoms with van der Waals surface area (Å²) in [6.45, 7) is 3.71. The molecule has 0 aliphatic carbocycles. The molecule has 3 aromatic carbocycles. The number of halogens is 2. The Hall–Kier alpha value is -2.76. The monoisotopic (exact) mass is 643 g/mol. The summed E-state index contributed by atoms with van der Waals surface area (Å²) in [7, 11) is 0. The minimum Gasteiger partial charge on any atom is -0.487 e. The molecule has 2 heterocycles. The van der Waals surface area contributed by atoms with Gasteiger partial charge in [-0.05, 0) is 36.4 Å². The maximum Gasteiger partial charge on any atom is 0.168 e. The van der Waals surface area contributed by atoms with Gasteiger partial charge >= 0.3 is 0 Å². The Morgan fingerprint density at radius 2 is 0.974 bits per heavy atom. The summed E-state index contributed by atoms with van der Waals surface area (Å²) in [5.41, 5.74) is 2.71. The van der Waals surface area contributed by atoms with Crippen LogP contribution in [0.1, 0.15) is 0 Å². The molecule has 1 aliphatic heterocycles. The number of fused-ring (bicyclic) bond motifs is 1. The SMILES string of the molecule is Brc1ccc(-c2nnc(-c3ccc(Br)cc3)n2-c2ccc3c(c2)OCCOCCOCCOCCO3)cc1. The molecule has 0 saturated heterocycles. The second kappa shape index (κ2) is 13.3. The lowest BCUT2D eigenvalue weighted by molar-refractivity contribution is 0.00708. The zero-order valence-electron chi connectivity index (χ0n) is 20.6. The molecule has 4 aromatic rings. The van der Waals surface area contributed by atoms with Crippen molar-refractivity contribution in [2.45, 2.75) is 0 Å². The summed E-state index contributed by atoms with van der Waals surface area (Å²) >= 11 is 7.03. The van der Waals surface area contributed by atoms with E-state index in [0.717, 1.165) is 25.8 Å². The van der Waals surface area contributed by atoms with Crippen molar-refractivity contribution in [1.82, 2.24) is 14.8 Å². The van der Waals surface area contributed by atoms with Gasteiger partial charge in [-0.1, -0.05) is 56.1 Å². The standard InChI is InChI=1S/C28H27Br2N3O5/c29-22-5-1-20(2-6-22)27-31-32-28(21-3-7-23(30)8-4-21)33(27)24-9-10-25-26(19-24)38-18-16-36-14-12-34-11-13-35-15-17-37-25/h1-10,19H,11-18H2. The lowest BCUT2D eigenvalue weighted by Gasteiger charge is -2.16. The average molecular weight is 645 g/mol. The zero-order valence-corrected chi connectivity index (χ0v) is 23.8. The molecule has 0 amide bonds. The van der Waals surface area contributed by atoms with E-state index in [0.29, 0.717) is 76.0 Å². The summed E-state index contributed by atoms with van der Waals surface area (Å²) in [6.07, 6.45) is 0. The lowest BCUT2D eigenvalue weighted by atomic mass is 10.1. The van der Waals surface area contributed by atoms with Gasteiger partial charge in [-0.15, -0.1) is 10.2 Å². The second-order valence-electron chi connectivity index (χ2n) is 8.36. The molecule has 0 radical (unpaired) electrons. The third-order valence-corrected chi connectivity index (χ3v) is 6.83. The maximum absolute atomic E-state index is 6.13. The molecule has 0 bridgehead atoms. The zero-order chi connectivity index (χ0) is 26.2. The highest BCUT2D eigenvalue weighted by molar-refractivity contribution is 9.10. The topological polar surface area (TPSA) is 76.9 Å². The van der Waals surface area contributed by atoms with E-state index in [1.165, 1.54) is 0 Å². The Bertz CT molecular complexity index is 1270. The number of ether oxygens (including phenoxy) is 5. The Morgan fingerprint density at radius 1 is 0.526 bits per heavy atom. The molecule has 1 aromatic heterocycles. The molecule has 0 N–H and O–H groups in total. The van der Waals surface area contributed by atoms with Gasteiger partial charge in [-0.25, -0.2) is 0 Å². The van der Waals surface area contributed by atoms with E-state index in [-0.39, 0.29) is 0 Å². The molecule has 5 rings (SSSR count). The normalized spacial score (nSPS) is 15.4. The average Bonchev–Trinajstić information content (AvgIpc) is 3.37. The van der Waals surface area contributed by atoms with Crippen LogP contribution in [0.2, 0.25) is 0 Å². The number of hydrogen-bond acceptors (Lipinski definition) is 7. The third kappa shape index (κ3) is 6.81. The van der Waals surface area contributed by atoms with Crippen molar-refractivity contribution in [1.29, 1.82) is 0 Å². The quantitative estimate of drug-likeness (QED) is 0.273. The minimum atomic E-state index is 0.373. The lowest BCUT2D eigenvalue weighted by Crippen LogP contribution is -2.13. The van der Waals surface area contributed by atoms with Gasteiger partial charge in [0.25, 0.3) is 0 Å². The molecular weight excluding hydrogens is 618 g/mol. The van der Waals surface area contributed by atoms with Crippen LogP contribution in [0, 0.1) is 0 Å². The fourth-order valence-electron chi connectivity index (χ4n) is 3.93. The van der Waals surface area contributed by atoms with E-state index in [1.807, 2.05) is 71.3 Å². The molecule has 0 spiro atoms. The number of rotatable bonds is 3. The molecule has 198 valence electrons. The molecular formula is C28H27Br2N3O5. The highest BCUT2D eigenvalue weighted by Gasteiger charge is 2.19. The number of nitrogens with zero attached hydrogens (tertiary/aromatic N) is 3. The van der Waals surface area contributed by atoms with E-state index in [1.54, 1.807) is 0 Å². The van der Waals surface area contributed by atoms with E-state index < -0.39 is 0 Å². The van der Waals surface area contributed by atoms with Gasteiger partial charge in [0, 0.05) is 26.1 Å². The Kier molecular flexibility index (Phi) is 9.42. The van der Waals surface area contributed by atoms with E-state index in [4.69, 9.17) is 23.7 Å². The fourth-order valence-corrected chi connectivity index (χ4v) is 4.46. The van der Waals surface area contributed by atoms with Gasteiger partial charge in [0.2, 0.25) is 0 Å². The molecule has 38 heavy (non-hydrogen) atoms. The van der Waals surface area contributed by atoms with Crippen LogP contribution in [0.5, 0.6) is 11.5 Å². The molecule has 0 atom stereocenters. The van der Waals surface area contributed by atoms with Crippen LogP contribution in [0.15, 0.2) is 75.7 Å². The van der Waals surface area contributed by atoms with Crippen molar-refractivity contribution in [2.75, 3.05) is 52.9 Å². The first kappa shape index (κ1) is 26.8. The molecule has 0 saturated carbocycles. The van der Waals surface area contributed by atoms with Gasteiger partial charge in [0.15, 0.2) is 23.1 Å². The van der Waals surface area contributed by atoms with Crippen molar-refractivity contribution < 1.29 is 23.7 Å². The van der Waals surface area contributed by atoms with E-state index in [2.05, 4.69) is 42.1 Å². The van der Waals surface area contributed by atoms with Crippen LogP contribution in [0.4, 0.5) is 0 Å². The number of benzene rings is 3. The Labute approximate surface area is 238 Å². The van der Waals surface area contributed by atoms with Crippen molar-refractivity contribution >= 4 is 31.9 Å².